The molecule has 0 aliphatic carbocycles. The molecule has 3 rings (SSSR count). The van der Waals surface area contributed by atoms with Crippen molar-refractivity contribution in [2.24, 2.45) is 0 Å². The summed E-state index contributed by atoms with van der Waals surface area (Å²) in [6, 6.07) is 10.4. The number of ketones is 1. The molecule has 8 heteroatoms. The summed E-state index contributed by atoms with van der Waals surface area (Å²) in [5, 5.41) is 0. The summed E-state index contributed by atoms with van der Waals surface area (Å²) in [4.78, 5) is 27.3. The number of hydrogen-bond acceptors (Lipinski definition) is 4. The van der Waals surface area contributed by atoms with Crippen molar-refractivity contribution in [1.29, 1.82) is 0 Å². The third kappa shape index (κ3) is 5.40. The van der Waals surface area contributed by atoms with Gasteiger partial charge in [0.2, 0.25) is 5.91 Å². The van der Waals surface area contributed by atoms with Crippen LogP contribution in [-0.2, 0) is 4.79 Å². The molecule has 5 nitrogen and oxygen atoms in total. The molecule has 0 saturated carbocycles. The Balaban J connectivity index is 1.55. The van der Waals surface area contributed by atoms with E-state index in [1.807, 2.05) is 4.90 Å². The van der Waals surface area contributed by atoms with Gasteiger partial charge in [0.25, 0.3) is 0 Å². The second-order valence-electron chi connectivity index (χ2n) is 6.82. The molecule has 1 heterocycles. The molecule has 2 aromatic carbocycles. The van der Waals surface area contributed by atoms with Crippen molar-refractivity contribution >= 4 is 23.5 Å². The maximum atomic E-state index is 14.3. The summed E-state index contributed by atoms with van der Waals surface area (Å²) in [6.45, 7) is 0.298. The first-order chi connectivity index (χ1) is 14.3. The number of nitrogens with zero attached hydrogens (tertiary/aromatic N) is 2. The number of Topliss-reactive ketones (excluding diaryl/α,β-unsaturated/α-hetero) is 1. The zero-order valence-electron chi connectivity index (χ0n) is 16.4. The van der Waals surface area contributed by atoms with E-state index >= 15 is 0 Å². The largest absolute Gasteiger partial charge is 0.435 e. The number of benzene rings is 2. The normalized spacial score (nSPS) is 14.4. The molecule has 0 bridgehead atoms. The molecule has 0 unspecified atom stereocenters. The van der Waals surface area contributed by atoms with Gasteiger partial charge >= 0.3 is 6.61 Å². The van der Waals surface area contributed by atoms with Crippen LogP contribution < -0.4 is 9.64 Å². The van der Waals surface area contributed by atoms with Crippen molar-refractivity contribution in [3.8, 4) is 5.75 Å². The summed E-state index contributed by atoms with van der Waals surface area (Å²) in [5.74, 6) is -0.788. The van der Waals surface area contributed by atoms with Crippen LogP contribution in [0.15, 0.2) is 48.5 Å². The van der Waals surface area contributed by atoms with Gasteiger partial charge < -0.3 is 14.5 Å². The lowest BCUT2D eigenvalue weighted by molar-refractivity contribution is -0.126. The van der Waals surface area contributed by atoms with Gasteiger partial charge in [0.15, 0.2) is 5.78 Å². The monoisotopic (exact) mass is 418 g/mol. The van der Waals surface area contributed by atoms with E-state index in [0.29, 0.717) is 43.0 Å². The number of piperazine rings is 1. The van der Waals surface area contributed by atoms with Gasteiger partial charge in [0.05, 0.1) is 5.69 Å². The lowest BCUT2D eigenvalue weighted by atomic mass is 10.1. The van der Waals surface area contributed by atoms with Crippen molar-refractivity contribution in [1.82, 2.24) is 4.90 Å². The molecule has 1 saturated heterocycles. The van der Waals surface area contributed by atoms with Gasteiger partial charge in [0.1, 0.15) is 11.6 Å². The highest BCUT2D eigenvalue weighted by Crippen LogP contribution is 2.22. The Hall–Kier alpha value is -3.29. The molecule has 0 atom stereocenters. The van der Waals surface area contributed by atoms with Gasteiger partial charge in [-0.15, -0.1) is 0 Å². The van der Waals surface area contributed by atoms with E-state index in [4.69, 9.17) is 0 Å². The van der Waals surface area contributed by atoms with Crippen LogP contribution in [0.4, 0.5) is 18.9 Å². The average molecular weight is 418 g/mol. The molecular weight excluding hydrogens is 397 g/mol. The fraction of sp³-hybridized carbons (Fsp3) is 0.273. The van der Waals surface area contributed by atoms with Gasteiger partial charge in [-0.2, -0.15) is 8.78 Å². The number of amides is 1. The number of ether oxygens (including phenoxy) is 1. The number of anilines is 1. The average Bonchev–Trinajstić information content (AvgIpc) is 2.72. The summed E-state index contributed by atoms with van der Waals surface area (Å²) < 4.78 is 42.9. The molecule has 1 amide bonds. The Morgan fingerprint density at radius 2 is 1.70 bits per heavy atom. The Morgan fingerprint density at radius 1 is 1.03 bits per heavy atom. The standard InChI is InChI=1S/C22H21F3N2O3/c1-15(28)17-5-8-20(19(23)14-17)26-10-12-27(13-11-26)21(29)9-4-16-2-6-18(7-3-16)30-22(24)25/h2-9,14,22H,10-13H2,1H3/b9-4+. The van der Waals surface area contributed by atoms with Crippen LogP contribution in [0.5, 0.6) is 5.75 Å². The van der Waals surface area contributed by atoms with Gasteiger partial charge in [-0.3, -0.25) is 9.59 Å². The summed E-state index contributed by atoms with van der Waals surface area (Å²) in [5.41, 5.74) is 1.41. The van der Waals surface area contributed by atoms with Crippen LogP contribution in [0.25, 0.3) is 6.08 Å². The van der Waals surface area contributed by atoms with Gasteiger partial charge in [-0.25, -0.2) is 4.39 Å². The van der Waals surface area contributed by atoms with Gasteiger partial charge in [-0.1, -0.05) is 12.1 Å². The number of halogens is 3. The maximum Gasteiger partial charge on any atom is 0.387 e. The van der Waals surface area contributed by atoms with Crippen LogP contribution in [-0.4, -0.2) is 49.4 Å². The molecular formula is C22H21F3N2O3. The van der Waals surface area contributed by atoms with Crippen LogP contribution >= 0.6 is 0 Å². The highest BCUT2D eigenvalue weighted by Gasteiger charge is 2.22. The molecule has 1 aliphatic rings. The minimum Gasteiger partial charge on any atom is -0.435 e. The molecule has 30 heavy (non-hydrogen) atoms. The maximum absolute atomic E-state index is 14.3. The minimum atomic E-state index is -2.88. The fourth-order valence-corrected chi connectivity index (χ4v) is 3.18. The topological polar surface area (TPSA) is 49.9 Å². The predicted molar refractivity (Wildman–Crippen MR) is 107 cm³/mol. The summed E-state index contributed by atoms with van der Waals surface area (Å²) in [6.07, 6.45) is 3.02. The molecule has 0 radical (unpaired) electrons. The number of carbonyl (C=O) groups is 2. The van der Waals surface area contributed by atoms with Gasteiger partial charge in [0, 0.05) is 37.8 Å². The zero-order valence-corrected chi connectivity index (χ0v) is 16.4. The second kappa shape index (κ2) is 9.47. The summed E-state index contributed by atoms with van der Waals surface area (Å²) >= 11 is 0. The number of carbonyl (C=O) groups excluding carboxylic acids is 2. The summed E-state index contributed by atoms with van der Waals surface area (Å²) in [7, 11) is 0. The molecule has 0 spiro atoms. The van der Waals surface area contributed by atoms with Gasteiger partial charge in [-0.05, 0) is 48.9 Å². The predicted octanol–water partition coefficient (Wildman–Crippen LogP) is 3.99. The SMILES string of the molecule is CC(=O)c1ccc(N2CCN(C(=O)/C=C/c3ccc(OC(F)F)cc3)CC2)c(F)c1. The molecule has 1 aliphatic heterocycles. The molecule has 0 N–H and O–H groups in total. The fourth-order valence-electron chi connectivity index (χ4n) is 3.18. The van der Waals surface area contributed by atoms with E-state index in [0.717, 1.165) is 0 Å². The lowest BCUT2D eigenvalue weighted by Gasteiger charge is -2.35. The highest BCUT2D eigenvalue weighted by molar-refractivity contribution is 5.94. The van der Waals surface area contributed by atoms with Crippen molar-refractivity contribution < 1.29 is 27.5 Å². The molecule has 1 fully saturated rings. The number of hydrogen-bond donors (Lipinski definition) is 0. The van der Waals surface area contributed by atoms with Crippen molar-refractivity contribution in [2.75, 3.05) is 31.1 Å². The van der Waals surface area contributed by atoms with E-state index < -0.39 is 12.4 Å². The van der Waals surface area contributed by atoms with E-state index in [1.54, 1.807) is 35.2 Å². The van der Waals surface area contributed by atoms with Crippen molar-refractivity contribution in [2.45, 2.75) is 13.5 Å². The quantitative estimate of drug-likeness (QED) is 0.526. The number of rotatable bonds is 6. The lowest BCUT2D eigenvalue weighted by Crippen LogP contribution is -2.48. The van der Waals surface area contributed by atoms with Crippen LogP contribution in [0.3, 0.4) is 0 Å². The smallest absolute Gasteiger partial charge is 0.387 e. The Kier molecular flexibility index (Phi) is 6.76. The first-order valence-corrected chi connectivity index (χ1v) is 9.41. The van der Waals surface area contributed by atoms with E-state index in [2.05, 4.69) is 4.74 Å². The Morgan fingerprint density at radius 3 is 2.27 bits per heavy atom. The van der Waals surface area contributed by atoms with E-state index in [1.165, 1.54) is 31.2 Å². The highest BCUT2D eigenvalue weighted by atomic mass is 19.3. The third-order valence-corrected chi connectivity index (χ3v) is 4.81. The second-order valence-corrected chi connectivity index (χ2v) is 6.82. The molecule has 2 aromatic rings. The van der Waals surface area contributed by atoms with Crippen molar-refractivity contribution in [3.63, 3.8) is 0 Å². The zero-order chi connectivity index (χ0) is 21.7. The third-order valence-electron chi connectivity index (χ3n) is 4.81. The first-order valence-electron chi connectivity index (χ1n) is 9.41. The molecule has 158 valence electrons. The van der Waals surface area contributed by atoms with E-state index in [9.17, 15) is 22.8 Å². The number of alkyl halides is 2. The minimum absolute atomic E-state index is 0.0492. The Bertz CT molecular complexity index is 937. The molecule has 0 aromatic heterocycles. The van der Waals surface area contributed by atoms with Crippen LogP contribution in [0.2, 0.25) is 0 Å². The van der Waals surface area contributed by atoms with Crippen LogP contribution in [0.1, 0.15) is 22.8 Å². The van der Waals surface area contributed by atoms with Crippen molar-refractivity contribution in [3.05, 3.63) is 65.5 Å². The van der Waals surface area contributed by atoms with Crippen LogP contribution in [0, 0.1) is 5.82 Å². The first kappa shape index (κ1) is 21.4. The van der Waals surface area contributed by atoms with E-state index in [-0.39, 0.29) is 17.4 Å². The Labute approximate surface area is 172 Å².